The fourth-order valence-electron chi connectivity index (χ4n) is 1.84. The van der Waals surface area contributed by atoms with Gasteiger partial charge in [0.1, 0.15) is 0 Å². The molecule has 19 heavy (non-hydrogen) atoms. The SMILES string of the molecule is CC(=O)c1ccc(C)nc1-c1cc(C)nc(Cl)c1F. The van der Waals surface area contributed by atoms with Crippen LogP contribution in [0.2, 0.25) is 5.15 Å². The molecule has 0 bridgehead atoms. The Balaban J connectivity index is 2.78. The van der Waals surface area contributed by atoms with Crippen molar-refractivity contribution in [2.45, 2.75) is 20.8 Å². The van der Waals surface area contributed by atoms with Crippen LogP contribution in [-0.4, -0.2) is 15.8 Å². The van der Waals surface area contributed by atoms with Gasteiger partial charge >= 0.3 is 0 Å². The largest absolute Gasteiger partial charge is 0.294 e. The standard InChI is InChI=1S/C14H12ClFN2O/c1-7-4-5-10(9(3)19)13(17-7)11-6-8(2)18-14(15)12(11)16/h4-6H,1-3H3. The summed E-state index contributed by atoms with van der Waals surface area (Å²) in [6, 6.07) is 4.90. The molecule has 0 atom stereocenters. The molecule has 2 heterocycles. The summed E-state index contributed by atoms with van der Waals surface area (Å²) in [4.78, 5) is 19.7. The highest BCUT2D eigenvalue weighted by molar-refractivity contribution is 6.29. The number of pyridine rings is 2. The molecule has 0 unspecified atom stereocenters. The number of aromatic nitrogens is 2. The van der Waals surface area contributed by atoms with Crippen molar-refractivity contribution in [3.8, 4) is 11.3 Å². The Labute approximate surface area is 115 Å². The van der Waals surface area contributed by atoms with Crippen LogP contribution in [0.15, 0.2) is 18.2 Å². The van der Waals surface area contributed by atoms with Gasteiger partial charge in [-0.2, -0.15) is 0 Å². The number of carbonyl (C=O) groups is 1. The maximum Gasteiger partial charge on any atom is 0.169 e. The fraction of sp³-hybridized carbons (Fsp3) is 0.214. The highest BCUT2D eigenvalue weighted by Crippen LogP contribution is 2.29. The van der Waals surface area contributed by atoms with Crippen molar-refractivity contribution < 1.29 is 9.18 Å². The number of nitrogens with zero attached hydrogens (tertiary/aromatic N) is 2. The van der Waals surface area contributed by atoms with Crippen molar-refractivity contribution in [1.29, 1.82) is 0 Å². The molecular weight excluding hydrogens is 267 g/mol. The van der Waals surface area contributed by atoms with Gasteiger partial charge in [0.05, 0.1) is 5.69 Å². The molecule has 0 aromatic carbocycles. The lowest BCUT2D eigenvalue weighted by atomic mass is 10.0. The average Bonchev–Trinajstić information content (AvgIpc) is 2.33. The van der Waals surface area contributed by atoms with Gasteiger partial charge in [-0.05, 0) is 39.0 Å². The van der Waals surface area contributed by atoms with E-state index in [0.29, 0.717) is 22.6 Å². The molecule has 3 nitrogen and oxygen atoms in total. The number of Topliss-reactive ketones (excluding diaryl/α,β-unsaturated/α-hetero) is 1. The minimum Gasteiger partial charge on any atom is -0.294 e. The Bertz CT molecular complexity index is 671. The number of aryl methyl sites for hydroxylation is 2. The first-order valence-electron chi connectivity index (χ1n) is 5.71. The van der Waals surface area contributed by atoms with Gasteiger partial charge in [-0.1, -0.05) is 11.6 Å². The summed E-state index contributed by atoms with van der Waals surface area (Å²) in [7, 11) is 0. The minimum atomic E-state index is -0.659. The lowest BCUT2D eigenvalue weighted by molar-refractivity contribution is 0.101. The van der Waals surface area contributed by atoms with Gasteiger partial charge in [-0.25, -0.2) is 9.37 Å². The summed E-state index contributed by atoms with van der Waals surface area (Å²) in [5.74, 6) is -0.833. The third-order valence-electron chi connectivity index (χ3n) is 2.71. The lowest BCUT2D eigenvalue weighted by Gasteiger charge is -2.10. The Morgan fingerprint density at radius 2 is 1.89 bits per heavy atom. The zero-order chi connectivity index (χ0) is 14.2. The van der Waals surface area contributed by atoms with E-state index >= 15 is 0 Å². The summed E-state index contributed by atoms with van der Waals surface area (Å²) < 4.78 is 14.1. The van der Waals surface area contributed by atoms with Gasteiger partial charge in [0.25, 0.3) is 0 Å². The molecule has 0 N–H and O–H groups in total. The van der Waals surface area contributed by atoms with Crippen LogP contribution >= 0.6 is 11.6 Å². The first-order valence-corrected chi connectivity index (χ1v) is 6.09. The first kappa shape index (κ1) is 13.6. The van der Waals surface area contributed by atoms with E-state index in [4.69, 9.17) is 11.6 Å². The maximum atomic E-state index is 14.1. The van der Waals surface area contributed by atoms with Gasteiger partial charge in [0, 0.05) is 22.5 Å². The normalized spacial score (nSPS) is 10.6. The van der Waals surface area contributed by atoms with Crippen molar-refractivity contribution in [2.75, 3.05) is 0 Å². The van der Waals surface area contributed by atoms with Crippen LogP contribution in [0.5, 0.6) is 0 Å². The van der Waals surface area contributed by atoms with Crippen molar-refractivity contribution in [3.63, 3.8) is 0 Å². The quantitative estimate of drug-likeness (QED) is 0.620. The van der Waals surface area contributed by atoms with E-state index in [9.17, 15) is 9.18 Å². The summed E-state index contributed by atoms with van der Waals surface area (Å²) in [5.41, 5.74) is 2.14. The van der Waals surface area contributed by atoms with Crippen molar-refractivity contribution >= 4 is 17.4 Å². The second kappa shape index (κ2) is 5.05. The highest BCUT2D eigenvalue weighted by Gasteiger charge is 2.18. The smallest absolute Gasteiger partial charge is 0.169 e. The number of halogens is 2. The van der Waals surface area contributed by atoms with Gasteiger partial charge in [-0.3, -0.25) is 9.78 Å². The first-order chi connectivity index (χ1) is 8.90. The Morgan fingerprint density at radius 1 is 1.21 bits per heavy atom. The molecule has 0 spiro atoms. The number of carbonyl (C=O) groups excluding carboxylic acids is 1. The van der Waals surface area contributed by atoms with E-state index in [1.165, 1.54) is 13.0 Å². The fourth-order valence-corrected chi connectivity index (χ4v) is 2.07. The molecule has 0 fully saturated rings. The van der Waals surface area contributed by atoms with Gasteiger partial charge in [0.2, 0.25) is 0 Å². The van der Waals surface area contributed by atoms with Gasteiger partial charge in [0.15, 0.2) is 16.8 Å². The molecule has 0 saturated heterocycles. The zero-order valence-corrected chi connectivity index (χ0v) is 11.5. The minimum absolute atomic E-state index is 0.174. The molecule has 98 valence electrons. The number of rotatable bonds is 2. The third-order valence-corrected chi connectivity index (χ3v) is 2.96. The van der Waals surface area contributed by atoms with E-state index < -0.39 is 5.82 Å². The number of ketones is 1. The molecule has 0 aliphatic carbocycles. The van der Waals surface area contributed by atoms with Gasteiger partial charge < -0.3 is 0 Å². The van der Waals surface area contributed by atoms with Crippen LogP contribution < -0.4 is 0 Å². The zero-order valence-electron chi connectivity index (χ0n) is 10.8. The predicted molar refractivity (Wildman–Crippen MR) is 71.9 cm³/mol. The van der Waals surface area contributed by atoms with Crippen LogP contribution in [0.4, 0.5) is 4.39 Å². The molecule has 5 heteroatoms. The van der Waals surface area contributed by atoms with E-state index in [1.807, 2.05) is 0 Å². The second-order valence-corrected chi connectivity index (χ2v) is 4.68. The molecule has 0 radical (unpaired) electrons. The van der Waals surface area contributed by atoms with Crippen LogP contribution in [0, 0.1) is 19.7 Å². The molecule has 2 aromatic heterocycles. The topological polar surface area (TPSA) is 42.9 Å². The Kier molecular flexibility index (Phi) is 3.62. The molecule has 0 saturated carbocycles. The summed E-state index contributed by atoms with van der Waals surface area (Å²) in [6.45, 7) is 4.91. The summed E-state index contributed by atoms with van der Waals surface area (Å²) in [6.07, 6.45) is 0. The van der Waals surface area contributed by atoms with Crippen molar-refractivity contribution in [1.82, 2.24) is 9.97 Å². The van der Waals surface area contributed by atoms with E-state index in [-0.39, 0.29) is 16.5 Å². The average molecular weight is 279 g/mol. The molecule has 2 rings (SSSR count). The molecule has 0 aliphatic rings. The van der Waals surface area contributed by atoms with Crippen molar-refractivity contribution in [2.24, 2.45) is 0 Å². The summed E-state index contributed by atoms with van der Waals surface area (Å²) >= 11 is 5.74. The highest BCUT2D eigenvalue weighted by atomic mass is 35.5. The number of hydrogen-bond acceptors (Lipinski definition) is 3. The molecule has 0 aliphatic heterocycles. The second-order valence-electron chi connectivity index (χ2n) is 4.32. The van der Waals surface area contributed by atoms with E-state index in [2.05, 4.69) is 9.97 Å². The summed E-state index contributed by atoms with van der Waals surface area (Å²) in [5, 5.41) is -0.215. The molecular formula is C14H12ClFN2O. The third kappa shape index (κ3) is 2.63. The van der Waals surface area contributed by atoms with Crippen LogP contribution in [0.1, 0.15) is 28.7 Å². The monoisotopic (exact) mass is 278 g/mol. The van der Waals surface area contributed by atoms with E-state index in [0.717, 1.165) is 0 Å². The number of hydrogen-bond donors (Lipinski definition) is 0. The van der Waals surface area contributed by atoms with Crippen LogP contribution in [0.3, 0.4) is 0 Å². The lowest BCUT2D eigenvalue weighted by Crippen LogP contribution is -2.03. The van der Waals surface area contributed by atoms with Crippen molar-refractivity contribution in [3.05, 3.63) is 46.1 Å². The predicted octanol–water partition coefficient (Wildman–Crippen LogP) is 3.76. The maximum absolute atomic E-state index is 14.1. The molecule has 2 aromatic rings. The molecule has 0 amide bonds. The Morgan fingerprint density at radius 3 is 2.53 bits per heavy atom. The van der Waals surface area contributed by atoms with Crippen LogP contribution in [-0.2, 0) is 0 Å². The van der Waals surface area contributed by atoms with Gasteiger partial charge in [-0.15, -0.1) is 0 Å². The Hall–Kier alpha value is -1.81. The van der Waals surface area contributed by atoms with E-state index in [1.54, 1.807) is 26.0 Å². The van der Waals surface area contributed by atoms with Crippen LogP contribution in [0.25, 0.3) is 11.3 Å².